The van der Waals surface area contributed by atoms with Gasteiger partial charge in [0, 0.05) is 41.6 Å². The van der Waals surface area contributed by atoms with Crippen LogP contribution in [0.2, 0.25) is 0 Å². The fraction of sp³-hybridized carbons (Fsp3) is 0.519. The lowest BCUT2D eigenvalue weighted by Crippen LogP contribution is -2.33. The highest BCUT2D eigenvalue weighted by Gasteiger charge is 2.18. The van der Waals surface area contributed by atoms with Gasteiger partial charge in [-0.05, 0) is 75.4 Å². The summed E-state index contributed by atoms with van der Waals surface area (Å²) in [6, 6.07) is 4.41. The van der Waals surface area contributed by atoms with Gasteiger partial charge in [0.2, 0.25) is 5.95 Å². The third-order valence-corrected chi connectivity index (χ3v) is 7.40. The number of piperidine rings is 1. The molecule has 0 aromatic carbocycles. The normalized spacial score (nSPS) is 15.6. The molecule has 0 amide bonds. The minimum absolute atomic E-state index is 0.562. The van der Waals surface area contributed by atoms with Crippen LogP contribution in [-0.2, 0) is 0 Å². The Kier molecular flexibility index (Phi) is 6.81. The first-order valence-electron chi connectivity index (χ1n) is 12.9. The van der Waals surface area contributed by atoms with E-state index in [4.69, 9.17) is 4.98 Å². The van der Waals surface area contributed by atoms with Crippen molar-refractivity contribution in [3.63, 3.8) is 0 Å². The lowest BCUT2D eigenvalue weighted by molar-refractivity contribution is 0.226. The lowest BCUT2D eigenvalue weighted by atomic mass is 9.91. The zero-order valence-corrected chi connectivity index (χ0v) is 20.7. The summed E-state index contributed by atoms with van der Waals surface area (Å²) in [5.41, 5.74) is 5.74. The molecule has 4 aromatic heterocycles. The zero-order valence-electron chi connectivity index (χ0n) is 20.7. The van der Waals surface area contributed by atoms with Crippen molar-refractivity contribution in [1.82, 2.24) is 29.5 Å². The largest absolute Gasteiger partial charge is 0.354 e. The van der Waals surface area contributed by atoms with E-state index in [-0.39, 0.29) is 0 Å². The molecule has 0 saturated carbocycles. The number of H-pyrrole nitrogens is 1. The topological polar surface area (TPSA) is 74.1 Å². The molecule has 1 fully saturated rings. The van der Waals surface area contributed by atoms with E-state index in [9.17, 15) is 0 Å². The van der Waals surface area contributed by atoms with Gasteiger partial charge in [-0.15, -0.1) is 0 Å². The minimum atomic E-state index is 0.562. The van der Waals surface area contributed by atoms with Crippen LogP contribution in [0.1, 0.15) is 63.9 Å². The van der Waals surface area contributed by atoms with Gasteiger partial charge in [-0.3, -0.25) is 0 Å². The first kappa shape index (κ1) is 22.8. The molecule has 4 aromatic rings. The van der Waals surface area contributed by atoms with Crippen molar-refractivity contribution >= 4 is 22.5 Å². The van der Waals surface area contributed by atoms with Crippen molar-refractivity contribution in [3.05, 3.63) is 42.5 Å². The van der Waals surface area contributed by atoms with Crippen molar-refractivity contribution in [1.29, 1.82) is 0 Å². The molecule has 0 unspecified atom stereocenters. The smallest absolute Gasteiger partial charge is 0.224 e. The molecule has 5 rings (SSSR count). The van der Waals surface area contributed by atoms with E-state index in [1.807, 2.05) is 10.7 Å². The van der Waals surface area contributed by atoms with Gasteiger partial charge in [-0.1, -0.05) is 26.7 Å². The second kappa shape index (κ2) is 10.1. The molecule has 7 heteroatoms. The van der Waals surface area contributed by atoms with Crippen LogP contribution < -0.4 is 5.32 Å². The van der Waals surface area contributed by atoms with Gasteiger partial charge in [-0.2, -0.15) is 10.1 Å². The van der Waals surface area contributed by atoms with Crippen molar-refractivity contribution < 1.29 is 0 Å². The molecule has 1 saturated heterocycles. The Bertz CT molecular complexity index is 1230. The average molecular weight is 460 g/mol. The van der Waals surface area contributed by atoms with Gasteiger partial charge >= 0.3 is 0 Å². The van der Waals surface area contributed by atoms with Gasteiger partial charge < -0.3 is 15.2 Å². The highest BCUT2D eigenvalue weighted by molar-refractivity contribution is 5.94. The average Bonchev–Trinajstić information content (AvgIpc) is 3.47. The van der Waals surface area contributed by atoms with E-state index < -0.39 is 0 Å². The van der Waals surface area contributed by atoms with E-state index in [2.05, 4.69) is 76.9 Å². The van der Waals surface area contributed by atoms with E-state index in [1.54, 1.807) is 0 Å². The van der Waals surface area contributed by atoms with Crippen LogP contribution in [-0.4, -0.2) is 56.1 Å². The second-order valence-corrected chi connectivity index (χ2v) is 9.91. The fourth-order valence-corrected chi connectivity index (χ4v) is 5.37. The number of hydrogen-bond acceptors (Lipinski definition) is 5. The maximum Gasteiger partial charge on any atom is 0.224 e. The van der Waals surface area contributed by atoms with E-state index in [0.717, 1.165) is 23.1 Å². The van der Waals surface area contributed by atoms with Crippen LogP contribution in [0.3, 0.4) is 0 Å². The molecule has 0 aliphatic carbocycles. The SMILES string of the molecule is CCCC(CCC)c1cnn2ccc(-c3c[nH]c4nc(NCC5CCN(C)CC5)ncc34)cc12. The maximum atomic E-state index is 4.76. The molecule has 0 spiro atoms. The first-order valence-corrected chi connectivity index (χ1v) is 12.9. The van der Waals surface area contributed by atoms with Gasteiger partial charge in [0.1, 0.15) is 5.65 Å². The standard InChI is InChI=1S/C27H37N7/c1-4-6-20(7-5-2)23-18-31-34-13-10-21(14-25(23)34)22-16-28-26-24(22)17-30-27(32-26)29-15-19-8-11-33(3)12-9-19/h10,13-14,16-20H,4-9,11-12,15H2,1-3H3,(H2,28,29,30,32). The summed E-state index contributed by atoms with van der Waals surface area (Å²) in [6.45, 7) is 7.82. The molecule has 0 atom stereocenters. The second-order valence-electron chi connectivity index (χ2n) is 9.91. The van der Waals surface area contributed by atoms with Crippen molar-refractivity contribution in [2.45, 2.75) is 58.3 Å². The number of rotatable bonds is 9. The summed E-state index contributed by atoms with van der Waals surface area (Å²) in [4.78, 5) is 15.2. The maximum absolute atomic E-state index is 4.76. The van der Waals surface area contributed by atoms with Gasteiger partial charge in [0.05, 0.1) is 11.7 Å². The molecule has 0 radical (unpaired) electrons. The highest BCUT2D eigenvalue weighted by Crippen LogP contribution is 2.33. The van der Waals surface area contributed by atoms with Crippen LogP contribution in [0, 0.1) is 5.92 Å². The van der Waals surface area contributed by atoms with Crippen LogP contribution in [0.25, 0.3) is 27.7 Å². The molecule has 5 heterocycles. The Morgan fingerprint density at radius 1 is 1.15 bits per heavy atom. The number of nitrogens with one attached hydrogen (secondary N) is 2. The van der Waals surface area contributed by atoms with E-state index in [1.165, 1.54) is 68.3 Å². The molecule has 0 bridgehead atoms. The Labute approximate surface area is 202 Å². The summed E-state index contributed by atoms with van der Waals surface area (Å²) in [7, 11) is 2.20. The Morgan fingerprint density at radius 3 is 2.71 bits per heavy atom. The summed E-state index contributed by atoms with van der Waals surface area (Å²) >= 11 is 0. The number of nitrogens with zero attached hydrogens (tertiary/aromatic N) is 5. The number of aromatic amines is 1. The zero-order chi connectivity index (χ0) is 23.5. The lowest BCUT2D eigenvalue weighted by Gasteiger charge is -2.28. The summed E-state index contributed by atoms with van der Waals surface area (Å²) in [6.07, 6.45) is 15.4. The Morgan fingerprint density at radius 2 is 1.94 bits per heavy atom. The van der Waals surface area contributed by atoms with Gasteiger partial charge in [0.15, 0.2) is 0 Å². The quantitative estimate of drug-likeness (QED) is 0.335. The number of likely N-dealkylation sites (tertiary alicyclic amines) is 1. The van der Waals surface area contributed by atoms with Crippen LogP contribution in [0.4, 0.5) is 5.95 Å². The molecule has 34 heavy (non-hydrogen) atoms. The van der Waals surface area contributed by atoms with Crippen molar-refractivity contribution in [3.8, 4) is 11.1 Å². The molecule has 1 aliphatic rings. The predicted molar refractivity (Wildman–Crippen MR) is 139 cm³/mol. The molecule has 1 aliphatic heterocycles. The summed E-state index contributed by atoms with van der Waals surface area (Å²) in [5.74, 6) is 1.96. The van der Waals surface area contributed by atoms with Crippen molar-refractivity contribution in [2.24, 2.45) is 5.92 Å². The van der Waals surface area contributed by atoms with Crippen LogP contribution in [0.5, 0.6) is 0 Å². The van der Waals surface area contributed by atoms with Gasteiger partial charge in [0.25, 0.3) is 0 Å². The number of aromatic nitrogens is 5. The minimum Gasteiger partial charge on any atom is -0.354 e. The first-order chi connectivity index (χ1) is 16.7. The fourth-order valence-electron chi connectivity index (χ4n) is 5.37. The number of pyridine rings is 1. The Balaban J connectivity index is 1.38. The molecular weight excluding hydrogens is 422 g/mol. The molecule has 7 nitrogen and oxygen atoms in total. The van der Waals surface area contributed by atoms with Crippen LogP contribution >= 0.6 is 0 Å². The van der Waals surface area contributed by atoms with Crippen LogP contribution in [0.15, 0.2) is 36.9 Å². The number of fused-ring (bicyclic) bond motifs is 2. The number of anilines is 1. The molecular formula is C27H37N7. The molecule has 2 N–H and O–H groups in total. The predicted octanol–water partition coefficient (Wildman–Crippen LogP) is 5.71. The monoisotopic (exact) mass is 459 g/mol. The van der Waals surface area contributed by atoms with E-state index in [0.29, 0.717) is 17.8 Å². The third-order valence-electron chi connectivity index (χ3n) is 7.40. The summed E-state index contributed by atoms with van der Waals surface area (Å²) < 4.78 is 2.01. The molecule has 180 valence electrons. The summed E-state index contributed by atoms with van der Waals surface area (Å²) in [5, 5.41) is 9.15. The number of hydrogen-bond donors (Lipinski definition) is 2. The van der Waals surface area contributed by atoms with Crippen molar-refractivity contribution in [2.75, 3.05) is 32.0 Å². The van der Waals surface area contributed by atoms with Gasteiger partial charge in [-0.25, -0.2) is 9.50 Å². The highest BCUT2D eigenvalue weighted by atomic mass is 15.2. The van der Waals surface area contributed by atoms with E-state index >= 15 is 0 Å². The third kappa shape index (κ3) is 4.67. The Hall–Kier alpha value is -2.93.